The van der Waals surface area contributed by atoms with E-state index in [-0.39, 0.29) is 0 Å². The van der Waals surface area contributed by atoms with Crippen LogP contribution in [0, 0.1) is 0 Å². The van der Waals surface area contributed by atoms with Crippen molar-refractivity contribution in [2.75, 3.05) is 6.54 Å². The Morgan fingerprint density at radius 3 is 2.39 bits per heavy atom. The molecule has 0 saturated heterocycles. The van der Waals surface area contributed by atoms with E-state index in [4.69, 9.17) is 0 Å². The number of aliphatic imine (C=N–C) groups is 1. The molecule has 4 aromatic carbocycles. The van der Waals surface area contributed by atoms with Crippen molar-refractivity contribution in [1.29, 1.82) is 0 Å². The highest BCUT2D eigenvalue weighted by Gasteiger charge is 2.26. The first-order chi connectivity index (χ1) is 13.8. The number of allylic oxidation sites excluding steroid dienone is 1. The van der Waals surface area contributed by atoms with Crippen LogP contribution in [0.5, 0.6) is 0 Å². The number of aromatic amines is 1. The number of benzene rings is 4. The van der Waals surface area contributed by atoms with Gasteiger partial charge < -0.3 is 4.98 Å². The van der Waals surface area contributed by atoms with E-state index in [1.165, 1.54) is 60.1 Å². The van der Waals surface area contributed by atoms with Crippen LogP contribution in [0.2, 0.25) is 0 Å². The fraction of sp³-hybridized carbons (Fsp3) is 0.115. The molecule has 5 aromatic rings. The smallest absolute Gasteiger partial charge is 0.0460 e. The van der Waals surface area contributed by atoms with Crippen LogP contribution >= 0.6 is 0 Å². The first-order valence-corrected chi connectivity index (χ1v) is 9.98. The van der Waals surface area contributed by atoms with Gasteiger partial charge in [0.05, 0.1) is 0 Å². The highest BCUT2D eigenvalue weighted by Crippen LogP contribution is 2.39. The number of aromatic nitrogens is 1. The number of nitrogens with zero attached hydrogens (tertiary/aromatic N) is 1. The molecule has 7 rings (SSSR count). The third-order valence-electron chi connectivity index (χ3n) is 6.59. The van der Waals surface area contributed by atoms with Crippen molar-refractivity contribution >= 4 is 55.0 Å². The zero-order chi connectivity index (χ0) is 18.2. The summed E-state index contributed by atoms with van der Waals surface area (Å²) in [5.41, 5.74) is 5.25. The highest BCUT2D eigenvalue weighted by molar-refractivity contribution is 6.18. The van der Waals surface area contributed by atoms with E-state index in [1.54, 1.807) is 0 Å². The average Bonchev–Trinajstić information content (AvgIpc) is 3.40. The summed E-state index contributed by atoms with van der Waals surface area (Å²) >= 11 is 0. The Hall–Kier alpha value is -3.39. The van der Waals surface area contributed by atoms with Crippen molar-refractivity contribution < 1.29 is 0 Å². The molecular weight excluding hydrogens is 340 g/mol. The summed E-state index contributed by atoms with van der Waals surface area (Å²) in [6.07, 6.45) is 7.63. The number of hydrogen-bond acceptors (Lipinski definition) is 1. The standard InChI is InChI=1S/C26H18N2/c1-2-16-12-22-18(4-6-26-20(22)8-10-28-26)14-24(16)23-13-17-3-5-25-19(7-9-27-25)21(17)11-15(1)23/h1-7,9,11-14,20,27H,8,10H2. The summed E-state index contributed by atoms with van der Waals surface area (Å²) < 4.78 is 0. The summed E-state index contributed by atoms with van der Waals surface area (Å²) in [5.74, 6) is 0.485. The lowest BCUT2D eigenvalue weighted by molar-refractivity contribution is 0.841. The Labute approximate surface area is 162 Å². The summed E-state index contributed by atoms with van der Waals surface area (Å²) in [7, 11) is 0. The Morgan fingerprint density at radius 2 is 1.50 bits per heavy atom. The quantitative estimate of drug-likeness (QED) is 0.239. The van der Waals surface area contributed by atoms with Gasteiger partial charge in [0.1, 0.15) is 0 Å². The molecule has 0 bridgehead atoms. The number of rotatable bonds is 0. The third-order valence-corrected chi connectivity index (χ3v) is 6.59. The van der Waals surface area contributed by atoms with Crippen LogP contribution in [0.25, 0.3) is 49.3 Å². The van der Waals surface area contributed by atoms with Crippen LogP contribution in [0.4, 0.5) is 0 Å². The normalized spacial score (nSPS) is 18.1. The van der Waals surface area contributed by atoms with Crippen LogP contribution in [0.1, 0.15) is 23.5 Å². The molecule has 0 radical (unpaired) electrons. The lowest BCUT2D eigenvalue weighted by atomic mass is 9.83. The largest absolute Gasteiger partial charge is 0.361 e. The van der Waals surface area contributed by atoms with E-state index >= 15 is 0 Å². The first-order valence-electron chi connectivity index (χ1n) is 9.98. The number of H-pyrrole nitrogens is 1. The van der Waals surface area contributed by atoms with Crippen LogP contribution in [-0.4, -0.2) is 17.2 Å². The fourth-order valence-electron chi connectivity index (χ4n) is 5.19. The highest BCUT2D eigenvalue weighted by atomic mass is 14.8. The lowest BCUT2D eigenvalue weighted by Crippen LogP contribution is -2.10. The van der Waals surface area contributed by atoms with Gasteiger partial charge in [-0.3, -0.25) is 4.99 Å². The van der Waals surface area contributed by atoms with Gasteiger partial charge in [0.2, 0.25) is 0 Å². The van der Waals surface area contributed by atoms with Crippen molar-refractivity contribution in [1.82, 2.24) is 4.98 Å². The molecule has 28 heavy (non-hydrogen) atoms. The fourth-order valence-corrected chi connectivity index (χ4v) is 5.19. The van der Waals surface area contributed by atoms with Gasteiger partial charge in [-0.1, -0.05) is 24.3 Å². The second kappa shape index (κ2) is 5.11. The van der Waals surface area contributed by atoms with Crippen molar-refractivity contribution in [3.05, 3.63) is 78.0 Å². The summed E-state index contributed by atoms with van der Waals surface area (Å²) in [4.78, 5) is 7.99. The minimum Gasteiger partial charge on any atom is -0.361 e. The average molecular weight is 358 g/mol. The molecule has 0 amide bonds. The van der Waals surface area contributed by atoms with Crippen molar-refractivity contribution in [3.63, 3.8) is 0 Å². The third kappa shape index (κ3) is 1.85. The van der Waals surface area contributed by atoms with Gasteiger partial charge in [-0.15, -0.1) is 0 Å². The molecule has 0 fully saturated rings. The molecule has 2 heterocycles. The summed E-state index contributed by atoms with van der Waals surface area (Å²) in [6.45, 7) is 0.957. The number of fused-ring (bicyclic) bond motifs is 9. The van der Waals surface area contributed by atoms with E-state index in [1.807, 2.05) is 6.20 Å². The Morgan fingerprint density at radius 1 is 0.750 bits per heavy atom. The van der Waals surface area contributed by atoms with Gasteiger partial charge in [-0.25, -0.2) is 0 Å². The second-order valence-corrected chi connectivity index (χ2v) is 8.05. The Balaban J connectivity index is 1.56. The van der Waals surface area contributed by atoms with E-state index in [0.717, 1.165) is 13.0 Å². The molecule has 1 atom stereocenters. The maximum Gasteiger partial charge on any atom is 0.0460 e. The zero-order valence-electron chi connectivity index (χ0n) is 15.4. The monoisotopic (exact) mass is 358 g/mol. The summed E-state index contributed by atoms with van der Waals surface area (Å²) in [6, 6.07) is 20.6. The molecule has 2 nitrogen and oxygen atoms in total. The molecule has 1 aliphatic carbocycles. The zero-order valence-corrected chi connectivity index (χ0v) is 15.4. The van der Waals surface area contributed by atoms with Gasteiger partial charge in [-0.05, 0) is 92.3 Å². The number of hydrogen-bond donors (Lipinski definition) is 1. The number of nitrogens with one attached hydrogen (secondary N) is 1. The van der Waals surface area contributed by atoms with Crippen molar-refractivity contribution in [2.24, 2.45) is 4.99 Å². The first kappa shape index (κ1) is 14.6. The van der Waals surface area contributed by atoms with Crippen LogP contribution in [-0.2, 0) is 0 Å². The minimum atomic E-state index is 0.485. The topological polar surface area (TPSA) is 28.1 Å². The van der Waals surface area contributed by atoms with Crippen LogP contribution in [0.3, 0.4) is 0 Å². The minimum absolute atomic E-state index is 0.485. The molecule has 0 spiro atoms. The van der Waals surface area contributed by atoms with Gasteiger partial charge in [0, 0.05) is 35.3 Å². The molecule has 1 aromatic heterocycles. The van der Waals surface area contributed by atoms with Crippen molar-refractivity contribution in [3.8, 4) is 0 Å². The predicted octanol–water partition coefficient (Wildman–Crippen LogP) is 6.58. The molecule has 0 saturated carbocycles. The molecule has 1 unspecified atom stereocenters. The summed E-state index contributed by atoms with van der Waals surface area (Å²) in [5, 5.41) is 9.21. The predicted molar refractivity (Wildman–Crippen MR) is 120 cm³/mol. The Kier molecular flexibility index (Phi) is 2.67. The molecule has 1 N–H and O–H groups in total. The van der Waals surface area contributed by atoms with E-state index in [2.05, 4.69) is 76.7 Å². The molecular formula is C26H18N2. The Bertz CT molecular complexity index is 1510. The van der Waals surface area contributed by atoms with E-state index in [0.29, 0.717) is 5.92 Å². The van der Waals surface area contributed by atoms with Gasteiger partial charge in [-0.2, -0.15) is 0 Å². The van der Waals surface area contributed by atoms with E-state index < -0.39 is 0 Å². The van der Waals surface area contributed by atoms with E-state index in [9.17, 15) is 0 Å². The molecule has 2 heteroatoms. The lowest BCUT2D eigenvalue weighted by Gasteiger charge is -2.20. The van der Waals surface area contributed by atoms with Crippen molar-refractivity contribution in [2.45, 2.75) is 12.3 Å². The maximum absolute atomic E-state index is 4.67. The molecule has 1 aliphatic heterocycles. The SMILES string of the molecule is C1=Cc2cc3c(ccc4cc5c(ccc6[nH]ccc65)cc43)cc2C2CCN=C12. The van der Waals surface area contributed by atoms with Crippen LogP contribution < -0.4 is 0 Å². The molecule has 2 aliphatic rings. The van der Waals surface area contributed by atoms with Gasteiger partial charge in [0.25, 0.3) is 0 Å². The second-order valence-electron chi connectivity index (χ2n) is 8.05. The van der Waals surface area contributed by atoms with Gasteiger partial charge in [0.15, 0.2) is 0 Å². The molecule has 132 valence electrons. The van der Waals surface area contributed by atoms with Gasteiger partial charge >= 0.3 is 0 Å². The van der Waals surface area contributed by atoms with Crippen LogP contribution in [0.15, 0.2) is 71.9 Å². The maximum atomic E-state index is 4.67.